The summed E-state index contributed by atoms with van der Waals surface area (Å²) in [5, 5.41) is 9.27. The van der Waals surface area contributed by atoms with E-state index in [0.29, 0.717) is 12.1 Å². The molecule has 1 rings (SSSR count). The molecule has 1 amide bonds. The number of likely N-dealkylation sites (N-methyl/N-ethyl adjacent to an activating group) is 1. The summed E-state index contributed by atoms with van der Waals surface area (Å²) >= 11 is 0. The number of aliphatic carboxylic acids is 1. The molecule has 0 aliphatic rings. The van der Waals surface area contributed by atoms with Crippen molar-refractivity contribution in [2.45, 2.75) is 40.2 Å². The second-order valence-corrected chi connectivity index (χ2v) is 5.16. The molecule has 0 saturated heterocycles. The van der Waals surface area contributed by atoms with Gasteiger partial charge >= 0.3 is 5.97 Å². The van der Waals surface area contributed by atoms with Gasteiger partial charge < -0.3 is 10.0 Å². The van der Waals surface area contributed by atoms with E-state index in [-0.39, 0.29) is 5.91 Å². The van der Waals surface area contributed by atoms with Crippen molar-refractivity contribution < 1.29 is 14.7 Å². The van der Waals surface area contributed by atoms with Crippen molar-refractivity contribution in [3.63, 3.8) is 0 Å². The first-order valence-electron chi connectivity index (χ1n) is 6.35. The molecular formula is C15H21NO3. The fourth-order valence-corrected chi connectivity index (χ4v) is 2.04. The summed E-state index contributed by atoms with van der Waals surface area (Å²) in [7, 11) is 0. The molecule has 0 unspecified atom stereocenters. The number of carboxylic acids is 1. The van der Waals surface area contributed by atoms with E-state index in [2.05, 4.69) is 0 Å². The predicted octanol–water partition coefficient (Wildman–Crippen LogP) is 2.63. The molecule has 0 fully saturated rings. The van der Waals surface area contributed by atoms with E-state index >= 15 is 0 Å². The van der Waals surface area contributed by atoms with Crippen LogP contribution in [-0.4, -0.2) is 34.0 Å². The number of amides is 1. The molecule has 0 atom stereocenters. The van der Waals surface area contributed by atoms with Crippen molar-refractivity contribution in [3.8, 4) is 0 Å². The summed E-state index contributed by atoms with van der Waals surface area (Å²) in [6, 6.07) is 5.49. The van der Waals surface area contributed by atoms with Crippen molar-refractivity contribution in [1.29, 1.82) is 0 Å². The third-order valence-corrected chi connectivity index (χ3v) is 3.59. The maximum Gasteiger partial charge on any atom is 0.329 e. The molecule has 0 aliphatic heterocycles. The van der Waals surface area contributed by atoms with Crippen LogP contribution in [0.3, 0.4) is 0 Å². The van der Waals surface area contributed by atoms with Gasteiger partial charge in [0.1, 0.15) is 5.54 Å². The third-order valence-electron chi connectivity index (χ3n) is 3.59. The van der Waals surface area contributed by atoms with E-state index < -0.39 is 11.5 Å². The molecule has 0 radical (unpaired) electrons. The molecule has 19 heavy (non-hydrogen) atoms. The van der Waals surface area contributed by atoms with E-state index in [4.69, 9.17) is 0 Å². The highest BCUT2D eigenvalue weighted by Crippen LogP contribution is 2.21. The van der Waals surface area contributed by atoms with Gasteiger partial charge in [0.05, 0.1) is 0 Å². The monoisotopic (exact) mass is 263 g/mol. The smallest absolute Gasteiger partial charge is 0.329 e. The zero-order valence-corrected chi connectivity index (χ0v) is 12.2. The number of benzene rings is 1. The third kappa shape index (κ3) is 2.78. The Bertz CT molecular complexity index is 506. The quantitative estimate of drug-likeness (QED) is 0.908. The summed E-state index contributed by atoms with van der Waals surface area (Å²) in [5.41, 5.74) is 1.26. The van der Waals surface area contributed by atoms with Crippen LogP contribution in [0.25, 0.3) is 0 Å². The lowest BCUT2D eigenvalue weighted by Crippen LogP contribution is -2.53. The average Bonchev–Trinajstić information content (AvgIpc) is 2.32. The van der Waals surface area contributed by atoms with Crippen LogP contribution in [0.5, 0.6) is 0 Å². The number of hydrogen-bond acceptors (Lipinski definition) is 2. The van der Waals surface area contributed by atoms with E-state index in [1.54, 1.807) is 26.8 Å². The van der Waals surface area contributed by atoms with Gasteiger partial charge in [-0.2, -0.15) is 0 Å². The summed E-state index contributed by atoms with van der Waals surface area (Å²) in [6.07, 6.45) is 0. The first-order valence-corrected chi connectivity index (χ1v) is 6.35. The Labute approximate surface area is 114 Å². The van der Waals surface area contributed by atoms with Gasteiger partial charge in [-0.1, -0.05) is 12.1 Å². The number of nitrogens with zero attached hydrogens (tertiary/aromatic N) is 1. The van der Waals surface area contributed by atoms with Gasteiger partial charge in [0.25, 0.3) is 5.91 Å². The SMILES string of the molecule is CCN(C(=O)c1cccc(C)c1C)C(C)(C)C(=O)O. The standard InChI is InChI=1S/C15H21NO3/c1-6-16(15(4,5)14(18)19)13(17)12-9-7-8-10(2)11(12)3/h7-9H,6H2,1-5H3,(H,18,19). The second kappa shape index (κ2) is 5.43. The molecule has 1 N–H and O–H groups in total. The molecule has 0 aromatic heterocycles. The number of hydrogen-bond donors (Lipinski definition) is 1. The van der Waals surface area contributed by atoms with Crippen LogP contribution in [0.2, 0.25) is 0 Å². The van der Waals surface area contributed by atoms with Crippen molar-refractivity contribution >= 4 is 11.9 Å². The Balaban J connectivity index is 3.24. The molecule has 104 valence electrons. The lowest BCUT2D eigenvalue weighted by atomic mass is 9.98. The minimum atomic E-state index is -1.22. The summed E-state index contributed by atoms with van der Waals surface area (Å²) in [6.45, 7) is 9.04. The van der Waals surface area contributed by atoms with E-state index in [1.165, 1.54) is 4.90 Å². The maximum atomic E-state index is 12.6. The summed E-state index contributed by atoms with van der Waals surface area (Å²) in [4.78, 5) is 25.3. The molecule has 4 heteroatoms. The summed E-state index contributed by atoms with van der Waals surface area (Å²) in [5.74, 6) is -1.25. The molecule has 0 spiro atoms. The number of carbonyl (C=O) groups is 2. The minimum Gasteiger partial charge on any atom is -0.480 e. The zero-order valence-electron chi connectivity index (χ0n) is 12.2. The molecule has 1 aromatic rings. The number of carbonyl (C=O) groups excluding carboxylic acids is 1. The molecule has 0 heterocycles. The Hall–Kier alpha value is -1.84. The van der Waals surface area contributed by atoms with Crippen LogP contribution in [0.15, 0.2) is 18.2 Å². The lowest BCUT2D eigenvalue weighted by Gasteiger charge is -2.34. The van der Waals surface area contributed by atoms with E-state index in [1.807, 2.05) is 26.0 Å². The normalized spacial score (nSPS) is 11.2. The molecule has 0 bridgehead atoms. The molecule has 0 saturated carbocycles. The minimum absolute atomic E-state index is 0.240. The van der Waals surface area contributed by atoms with Gasteiger partial charge in [-0.05, 0) is 51.8 Å². The molecule has 4 nitrogen and oxygen atoms in total. The zero-order chi connectivity index (χ0) is 14.8. The van der Waals surface area contributed by atoms with E-state index in [9.17, 15) is 14.7 Å². The number of aryl methyl sites for hydroxylation is 1. The van der Waals surface area contributed by atoms with Crippen LogP contribution >= 0.6 is 0 Å². The Morgan fingerprint density at radius 2 is 1.84 bits per heavy atom. The summed E-state index contributed by atoms with van der Waals surface area (Å²) < 4.78 is 0. The van der Waals surface area contributed by atoms with Crippen molar-refractivity contribution in [1.82, 2.24) is 4.90 Å². The van der Waals surface area contributed by atoms with Gasteiger partial charge in [-0.25, -0.2) is 4.79 Å². The van der Waals surface area contributed by atoms with Crippen LogP contribution in [0, 0.1) is 13.8 Å². The predicted molar refractivity (Wildman–Crippen MR) is 74.3 cm³/mol. The van der Waals surface area contributed by atoms with Crippen molar-refractivity contribution in [2.24, 2.45) is 0 Å². The Kier molecular flexibility index (Phi) is 4.35. The highest BCUT2D eigenvalue weighted by molar-refractivity contribution is 5.99. The average molecular weight is 263 g/mol. The van der Waals surface area contributed by atoms with Crippen molar-refractivity contribution in [3.05, 3.63) is 34.9 Å². The van der Waals surface area contributed by atoms with Gasteiger partial charge in [-0.3, -0.25) is 4.79 Å². The van der Waals surface area contributed by atoms with Crippen LogP contribution in [0.1, 0.15) is 42.3 Å². The van der Waals surface area contributed by atoms with E-state index in [0.717, 1.165) is 11.1 Å². The van der Waals surface area contributed by atoms with Crippen LogP contribution < -0.4 is 0 Å². The molecular weight excluding hydrogens is 242 g/mol. The van der Waals surface area contributed by atoms with Gasteiger partial charge in [0, 0.05) is 12.1 Å². The van der Waals surface area contributed by atoms with Gasteiger partial charge in [-0.15, -0.1) is 0 Å². The first kappa shape index (κ1) is 15.2. The van der Waals surface area contributed by atoms with Gasteiger partial charge in [0.15, 0.2) is 0 Å². The topological polar surface area (TPSA) is 57.6 Å². The first-order chi connectivity index (χ1) is 8.73. The fourth-order valence-electron chi connectivity index (χ4n) is 2.04. The highest BCUT2D eigenvalue weighted by atomic mass is 16.4. The lowest BCUT2D eigenvalue weighted by molar-refractivity contribution is -0.147. The molecule has 1 aromatic carbocycles. The Morgan fingerprint density at radius 1 is 1.26 bits per heavy atom. The fraction of sp³-hybridized carbons (Fsp3) is 0.467. The number of rotatable bonds is 4. The van der Waals surface area contributed by atoms with Crippen molar-refractivity contribution in [2.75, 3.05) is 6.54 Å². The van der Waals surface area contributed by atoms with Gasteiger partial charge in [0.2, 0.25) is 0 Å². The highest BCUT2D eigenvalue weighted by Gasteiger charge is 2.37. The molecule has 0 aliphatic carbocycles. The second-order valence-electron chi connectivity index (χ2n) is 5.16. The number of carboxylic acid groups (broad SMARTS) is 1. The van der Waals surface area contributed by atoms with Crippen LogP contribution in [0.4, 0.5) is 0 Å². The Morgan fingerprint density at radius 3 is 2.32 bits per heavy atom. The maximum absolute atomic E-state index is 12.6. The van der Waals surface area contributed by atoms with Crippen LogP contribution in [-0.2, 0) is 4.79 Å². The largest absolute Gasteiger partial charge is 0.480 e.